The lowest BCUT2D eigenvalue weighted by Crippen LogP contribution is -2.70. The Kier molecular flexibility index (Phi) is 6.67. The van der Waals surface area contributed by atoms with Crippen LogP contribution in [0.1, 0.15) is 106 Å². The number of hydrogen-bond donors (Lipinski definition) is 0. The van der Waals surface area contributed by atoms with E-state index >= 15 is 0 Å². The molecule has 0 amide bonds. The number of fused-ring (bicyclic) bond motifs is 4. The van der Waals surface area contributed by atoms with Crippen molar-refractivity contribution < 1.29 is 38.5 Å². The van der Waals surface area contributed by atoms with Gasteiger partial charge in [-0.25, -0.2) is 19.6 Å². The minimum absolute atomic E-state index is 0.0182. The van der Waals surface area contributed by atoms with Gasteiger partial charge in [0.2, 0.25) is 11.6 Å². The lowest BCUT2D eigenvalue weighted by atomic mass is 9.57. The van der Waals surface area contributed by atoms with E-state index in [0.717, 1.165) is 51.4 Å². The molecular formula is C34H52O8. The summed E-state index contributed by atoms with van der Waals surface area (Å²) in [6.07, 6.45) is 9.19. The molecular weight excluding hydrogens is 536 g/mol. The maximum absolute atomic E-state index is 6.89. The van der Waals surface area contributed by atoms with Crippen molar-refractivity contribution in [1.82, 2.24) is 0 Å². The lowest BCUT2D eigenvalue weighted by Gasteiger charge is -2.61. The Hall–Kier alpha value is -0.580. The van der Waals surface area contributed by atoms with Gasteiger partial charge in [0.15, 0.2) is 23.8 Å². The number of rotatable bonds is 4. The van der Waals surface area contributed by atoms with E-state index in [9.17, 15) is 0 Å². The van der Waals surface area contributed by atoms with Crippen molar-refractivity contribution in [3.63, 3.8) is 0 Å². The molecule has 2 saturated carbocycles. The van der Waals surface area contributed by atoms with E-state index in [1.54, 1.807) is 0 Å². The molecule has 0 N–H and O–H groups in total. The first kappa shape index (κ1) is 28.9. The molecule has 0 aromatic rings. The second kappa shape index (κ2) is 9.71. The van der Waals surface area contributed by atoms with Gasteiger partial charge >= 0.3 is 0 Å². The Morgan fingerprint density at radius 1 is 0.595 bits per heavy atom. The summed E-state index contributed by atoms with van der Waals surface area (Å²) in [6.45, 7) is 18.0. The van der Waals surface area contributed by atoms with Crippen LogP contribution in [0.2, 0.25) is 0 Å². The predicted molar refractivity (Wildman–Crippen MR) is 152 cm³/mol. The Balaban J connectivity index is 1.01. The fourth-order valence-electron chi connectivity index (χ4n) is 11.1. The molecule has 10 rings (SSSR count). The van der Waals surface area contributed by atoms with Gasteiger partial charge in [-0.2, -0.15) is 0 Å². The highest BCUT2D eigenvalue weighted by atomic mass is 17.3. The standard InChI is InChI=1S/C34H52O8/c1-18(16-27-21(4)25-10-8-19(2)23-12-14-31(6)37-29(35-27)33(23,25)41-39-31)17-28-22(5)26-11-9-20(3)24-13-15-32(7)38-30(36-28)34(24,26)42-40-32/h19-30H,1,8-17H2,2-7H3/t19-,20-,21-,22-,23+,24+,25+,26+,27-,28?,29-,30-,31+,32+,33-,34-/m1/s1. The third-order valence-corrected chi connectivity index (χ3v) is 13.6. The van der Waals surface area contributed by atoms with Crippen LogP contribution in [-0.4, -0.2) is 47.6 Å². The smallest absolute Gasteiger partial charge is 0.201 e. The van der Waals surface area contributed by atoms with Crippen LogP contribution in [0.25, 0.3) is 0 Å². The molecule has 4 bridgehead atoms. The molecule has 8 heteroatoms. The van der Waals surface area contributed by atoms with Crippen molar-refractivity contribution in [2.45, 2.75) is 153 Å². The Morgan fingerprint density at radius 3 is 1.45 bits per heavy atom. The minimum Gasteiger partial charge on any atom is -0.346 e. The highest BCUT2D eigenvalue weighted by Gasteiger charge is 2.71. The van der Waals surface area contributed by atoms with Gasteiger partial charge in [-0.05, 0) is 101 Å². The number of ether oxygens (including phenoxy) is 4. The van der Waals surface area contributed by atoms with Crippen LogP contribution in [0.15, 0.2) is 12.2 Å². The van der Waals surface area contributed by atoms with Crippen LogP contribution in [0, 0.1) is 47.3 Å². The van der Waals surface area contributed by atoms with Gasteiger partial charge in [0, 0.05) is 24.7 Å². The Labute approximate surface area is 251 Å². The second-order valence-electron chi connectivity index (χ2n) is 16.0. The molecule has 0 aromatic carbocycles. The minimum atomic E-state index is -0.753. The van der Waals surface area contributed by atoms with Crippen LogP contribution in [-0.2, 0) is 38.5 Å². The summed E-state index contributed by atoms with van der Waals surface area (Å²) in [4.78, 5) is 24.7. The lowest BCUT2D eigenvalue weighted by molar-refractivity contribution is -0.571. The average Bonchev–Trinajstić information content (AvgIpc) is 3.32. The monoisotopic (exact) mass is 588 g/mol. The largest absolute Gasteiger partial charge is 0.346 e. The molecule has 8 nitrogen and oxygen atoms in total. The van der Waals surface area contributed by atoms with Crippen molar-refractivity contribution in [3.05, 3.63) is 12.2 Å². The third kappa shape index (κ3) is 3.95. The highest BCUT2D eigenvalue weighted by molar-refractivity contribution is 5.14. The molecule has 0 aromatic heterocycles. The van der Waals surface area contributed by atoms with Gasteiger partial charge in [-0.15, -0.1) is 0 Å². The first-order valence-corrected chi connectivity index (χ1v) is 17.0. The van der Waals surface area contributed by atoms with E-state index < -0.39 is 35.4 Å². The van der Waals surface area contributed by atoms with E-state index in [0.29, 0.717) is 47.3 Å². The zero-order valence-electron chi connectivity index (χ0n) is 26.5. The molecule has 10 fully saturated rings. The van der Waals surface area contributed by atoms with Crippen LogP contribution >= 0.6 is 0 Å². The van der Waals surface area contributed by atoms with Gasteiger partial charge in [-0.3, -0.25) is 0 Å². The fourth-order valence-corrected chi connectivity index (χ4v) is 11.1. The molecule has 236 valence electrons. The summed E-state index contributed by atoms with van der Waals surface area (Å²) in [6, 6.07) is 0. The molecule has 16 atom stereocenters. The van der Waals surface area contributed by atoms with E-state index in [2.05, 4.69) is 34.3 Å². The summed E-state index contributed by atoms with van der Waals surface area (Å²) >= 11 is 0. The van der Waals surface area contributed by atoms with Gasteiger partial charge in [0.05, 0.1) is 12.2 Å². The molecule has 0 radical (unpaired) electrons. The maximum Gasteiger partial charge on any atom is 0.201 e. The van der Waals surface area contributed by atoms with Crippen LogP contribution in [0.3, 0.4) is 0 Å². The Bertz CT molecular complexity index is 1020. The zero-order chi connectivity index (χ0) is 29.2. The molecule has 1 unspecified atom stereocenters. The van der Waals surface area contributed by atoms with Gasteiger partial charge in [-0.1, -0.05) is 39.8 Å². The normalized spacial score (nSPS) is 59.8. The van der Waals surface area contributed by atoms with Crippen molar-refractivity contribution in [2.24, 2.45) is 47.3 Å². The molecule has 8 saturated heterocycles. The van der Waals surface area contributed by atoms with Gasteiger partial charge in [0.25, 0.3) is 0 Å². The summed E-state index contributed by atoms with van der Waals surface area (Å²) in [5.74, 6) is 1.66. The van der Waals surface area contributed by atoms with E-state index in [1.165, 1.54) is 18.4 Å². The SMILES string of the molecule is C=C(CC1O[C@@H]2O[C@]3(C)CC[C@H]4[C@H](C)CC[C@@H]([C@H]1C)[C@@]24OO3)C[C@H]1O[C@@H]2O[C@]3(C)CC[C@H]4[C@H](C)CC[C@@H]([C@H]1C)[C@@]24OO3. The first-order chi connectivity index (χ1) is 20.0. The molecule has 42 heavy (non-hydrogen) atoms. The van der Waals surface area contributed by atoms with Crippen LogP contribution in [0.5, 0.6) is 0 Å². The third-order valence-electron chi connectivity index (χ3n) is 13.6. The van der Waals surface area contributed by atoms with Crippen molar-refractivity contribution in [1.29, 1.82) is 0 Å². The molecule has 10 aliphatic rings. The summed E-state index contributed by atoms with van der Waals surface area (Å²) < 4.78 is 27.0. The van der Waals surface area contributed by atoms with Crippen LogP contribution in [0.4, 0.5) is 0 Å². The van der Waals surface area contributed by atoms with Crippen LogP contribution < -0.4 is 0 Å². The van der Waals surface area contributed by atoms with E-state index in [1.807, 2.05) is 13.8 Å². The fraction of sp³-hybridized carbons (Fsp3) is 0.941. The molecule has 2 aliphatic carbocycles. The van der Waals surface area contributed by atoms with Gasteiger partial charge in [0.1, 0.15) is 0 Å². The van der Waals surface area contributed by atoms with Gasteiger partial charge < -0.3 is 18.9 Å². The second-order valence-corrected chi connectivity index (χ2v) is 16.0. The highest BCUT2D eigenvalue weighted by Crippen LogP contribution is 2.63. The van der Waals surface area contributed by atoms with Crippen molar-refractivity contribution in [3.8, 4) is 0 Å². The van der Waals surface area contributed by atoms with E-state index in [-0.39, 0.29) is 12.2 Å². The molecule has 8 heterocycles. The summed E-state index contributed by atoms with van der Waals surface area (Å²) in [5, 5.41) is 0. The van der Waals surface area contributed by atoms with E-state index in [4.69, 9.17) is 38.5 Å². The first-order valence-electron chi connectivity index (χ1n) is 17.0. The van der Waals surface area contributed by atoms with Crippen molar-refractivity contribution in [2.75, 3.05) is 0 Å². The topological polar surface area (TPSA) is 73.8 Å². The zero-order valence-corrected chi connectivity index (χ0v) is 26.5. The quantitative estimate of drug-likeness (QED) is 0.262. The molecule has 2 spiro atoms. The maximum atomic E-state index is 6.89. The average molecular weight is 589 g/mol. The van der Waals surface area contributed by atoms with Crippen molar-refractivity contribution >= 4 is 0 Å². The number of hydrogen-bond acceptors (Lipinski definition) is 8. The summed E-state index contributed by atoms with van der Waals surface area (Å²) in [5.41, 5.74) is 0.119. The summed E-state index contributed by atoms with van der Waals surface area (Å²) in [7, 11) is 0. The Morgan fingerprint density at radius 2 is 1.02 bits per heavy atom. The predicted octanol–water partition coefficient (Wildman–Crippen LogP) is 6.82. The molecule has 8 aliphatic heterocycles.